The molecule has 0 aromatic heterocycles. The highest BCUT2D eigenvalue weighted by atomic mass is 16.3. The van der Waals surface area contributed by atoms with E-state index in [2.05, 4.69) is 49.4 Å². The number of rotatable bonds is 5. The molecule has 0 saturated heterocycles. The molecule has 0 heterocycles. The van der Waals surface area contributed by atoms with Gasteiger partial charge in [0.15, 0.2) is 0 Å². The lowest BCUT2D eigenvalue weighted by Gasteiger charge is -2.17. The molecular weight excluding hydrogens is 210 g/mol. The van der Waals surface area contributed by atoms with Gasteiger partial charge in [0.1, 0.15) is 13.1 Å². The van der Waals surface area contributed by atoms with Crippen molar-refractivity contribution < 1.29 is 10.0 Å². The van der Waals surface area contributed by atoms with Gasteiger partial charge in [0.05, 0.1) is 13.2 Å². The van der Waals surface area contributed by atoms with Crippen molar-refractivity contribution in [1.82, 2.24) is 0 Å². The molecule has 0 aliphatic rings. The quantitative estimate of drug-likeness (QED) is 0.793. The number of aliphatic hydroxyl groups excluding tert-OH is 1. The van der Waals surface area contributed by atoms with Crippen molar-refractivity contribution in [3.05, 3.63) is 48.0 Å². The zero-order valence-electron chi connectivity index (χ0n) is 10.3. The van der Waals surface area contributed by atoms with Gasteiger partial charge in [-0.05, 0) is 17.7 Å². The number of benzene rings is 2. The summed E-state index contributed by atoms with van der Waals surface area (Å²) in [5, 5.41) is 11.7. The molecule has 0 aliphatic carbocycles. The van der Waals surface area contributed by atoms with E-state index in [4.69, 9.17) is 5.11 Å². The zero-order valence-corrected chi connectivity index (χ0v) is 10.3. The third-order valence-corrected chi connectivity index (χ3v) is 3.29. The van der Waals surface area contributed by atoms with Crippen LogP contribution in [0.4, 0.5) is 0 Å². The highest BCUT2D eigenvalue weighted by Crippen LogP contribution is 2.17. The second kappa shape index (κ2) is 5.80. The molecule has 2 nitrogen and oxygen atoms in total. The Morgan fingerprint density at radius 1 is 1.06 bits per heavy atom. The number of nitrogens with one attached hydrogen (secondary N) is 1. The molecule has 2 heteroatoms. The van der Waals surface area contributed by atoms with E-state index in [0.29, 0.717) is 0 Å². The van der Waals surface area contributed by atoms with Gasteiger partial charge in [-0.3, -0.25) is 0 Å². The summed E-state index contributed by atoms with van der Waals surface area (Å²) >= 11 is 0. The van der Waals surface area contributed by atoms with E-state index < -0.39 is 0 Å². The van der Waals surface area contributed by atoms with Gasteiger partial charge in [-0.1, -0.05) is 42.5 Å². The van der Waals surface area contributed by atoms with E-state index in [9.17, 15) is 0 Å². The minimum absolute atomic E-state index is 0.258. The summed E-state index contributed by atoms with van der Waals surface area (Å²) < 4.78 is 0. The van der Waals surface area contributed by atoms with Crippen LogP contribution in [0.25, 0.3) is 10.8 Å². The highest BCUT2D eigenvalue weighted by molar-refractivity contribution is 5.85. The summed E-state index contributed by atoms with van der Waals surface area (Å²) in [6, 6.07) is 14.9. The van der Waals surface area contributed by atoms with E-state index in [1.807, 2.05) is 0 Å². The average Bonchev–Trinajstić information content (AvgIpc) is 2.38. The van der Waals surface area contributed by atoms with E-state index in [1.54, 1.807) is 0 Å². The van der Waals surface area contributed by atoms with Gasteiger partial charge in [-0.25, -0.2) is 0 Å². The second-order valence-corrected chi connectivity index (χ2v) is 4.39. The van der Waals surface area contributed by atoms with E-state index in [-0.39, 0.29) is 6.61 Å². The molecule has 1 atom stereocenters. The Hall–Kier alpha value is -1.38. The summed E-state index contributed by atoms with van der Waals surface area (Å²) in [5.74, 6) is 0. The van der Waals surface area contributed by atoms with Crippen LogP contribution in [0.15, 0.2) is 42.5 Å². The Bertz CT molecular complexity index is 476. The van der Waals surface area contributed by atoms with Crippen LogP contribution in [0.5, 0.6) is 0 Å². The van der Waals surface area contributed by atoms with Crippen LogP contribution in [0.2, 0.25) is 0 Å². The third-order valence-electron chi connectivity index (χ3n) is 3.29. The van der Waals surface area contributed by atoms with Crippen molar-refractivity contribution in [3.63, 3.8) is 0 Å². The maximum absolute atomic E-state index is 9.04. The van der Waals surface area contributed by atoms with Crippen LogP contribution < -0.4 is 4.90 Å². The molecule has 1 unspecified atom stereocenters. The largest absolute Gasteiger partial charge is 0.391 e. The molecule has 0 spiro atoms. The van der Waals surface area contributed by atoms with Crippen LogP contribution in [0, 0.1) is 0 Å². The monoisotopic (exact) mass is 230 g/mol. The molecule has 0 saturated carbocycles. The first-order valence-corrected chi connectivity index (χ1v) is 6.26. The average molecular weight is 230 g/mol. The first-order valence-electron chi connectivity index (χ1n) is 6.26. The molecule has 2 N–H and O–H groups in total. The fourth-order valence-corrected chi connectivity index (χ4v) is 2.26. The lowest BCUT2D eigenvalue weighted by molar-refractivity contribution is -0.912. The zero-order chi connectivity index (χ0) is 12.1. The Kier molecular flexibility index (Phi) is 4.13. The standard InChI is InChI=1S/C15H19NO/c1-2-16(10-11-17)12-14-8-5-7-13-6-3-4-9-15(13)14/h3-9,17H,2,10-12H2,1H3/p+1. The Balaban J connectivity index is 2.28. The minimum atomic E-state index is 0.258. The van der Waals surface area contributed by atoms with Crippen molar-refractivity contribution >= 4 is 10.8 Å². The molecular formula is C15H20NO+. The predicted molar refractivity (Wildman–Crippen MR) is 71.1 cm³/mol. The summed E-state index contributed by atoms with van der Waals surface area (Å²) in [6.45, 7) is 5.27. The molecule has 90 valence electrons. The Morgan fingerprint density at radius 2 is 1.82 bits per heavy atom. The van der Waals surface area contributed by atoms with Crippen LogP contribution in [0.1, 0.15) is 12.5 Å². The molecule has 0 radical (unpaired) electrons. The molecule has 2 aromatic rings. The lowest BCUT2D eigenvalue weighted by atomic mass is 10.0. The number of likely N-dealkylation sites (N-methyl/N-ethyl adjacent to an activating group) is 1. The Morgan fingerprint density at radius 3 is 2.59 bits per heavy atom. The third kappa shape index (κ3) is 2.84. The summed E-state index contributed by atoms with van der Waals surface area (Å²) in [7, 11) is 0. The van der Waals surface area contributed by atoms with Gasteiger partial charge in [-0.15, -0.1) is 0 Å². The molecule has 0 amide bonds. The molecule has 0 fully saturated rings. The fourth-order valence-electron chi connectivity index (χ4n) is 2.26. The minimum Gasteiger partial charge on any atom is -0.391 e. The van der Waals surface area contributed by atoms with Gasteiger partial charge in [0.2, 0.25) is 0 Å². The maximum atomic E-state index is 9.04. The number of hydrogen-bond donors (Lipinski definition) is 2. The first-order chi connectivity index (χ1) is 8.35. The number of fused-ring (bicyclic) bond motifs is 1. The van der Waals surface area contributed by atoms with Crippen molar-refractivity contribution in [2.75, 3.05) is 19.7 Å². The van der Waals surface area contributed by atoms with Crippen molar-refractivity contribution in [2.45, 2.75) is 13.5 Å². The van der Waals surface area contributed by atoms with E-state index >= 15 is 0 Å². The smallest absolute Gasteiger partial charge is 0.103 e. The highest BCUT2D eigenvalue weighted by Gasteiger charge is 2.08. The predicted octanol–water partition coefficient (Wildman–Crippen LogP) is 1.24. The van der Waals surface area contributed by atoms with Crippen LogP contribution in [-0.4, -0.2) is 24.8 Å². The summed E-state index contributed by atoms with van der Waals surface area (Å²) in [4.78, 5) is 1.42. The molecule has 17 heavy (non-hydrogen) atoms. The van der Waals surface area contributed by atoms with Crippen molar-refractivity contribution in [2.24, 2.45) is 0 Å². The molecule has 2 rings (SSSR count). The van der Waals surface area contributed by atoms with E-state index in [1.165, 1.54) is 21.2 Å². The van der Waals surface area contributed by atoms with Crippen LogP contribution in [-0.2, 0) is 6.54 Å². The number of quaternary nitrogens is 1. The van der Waals surface area contributed by atoms with Gasteiger partial charge in [0, 0.05) is 5.56 Å². The van der Waals surface area contributed by atoms with Crippen molar-refractivity contribution in [3.8, 4) is 0 Å². The second-order valence-electron chi connectivity index (χ2n) is 4.39. The number of hydrogen-bond acceptors (Lipinski definition) is 1. The van der Waals surface area contributed by atoms with Gasteiger partial charge < -0.3 is 10.0 Å². The summed E-state index contributed by atoms with van der Waals surface area (Å²) in [6.07, 6.45) is 0. The molecule has 0 aliphatic heterocycles. The summed E-state index contributed by atoms with van der Waals surface area (Å²) in [5.41, 5.74) is 1.37. The van der Waals surface area contributed by atoms with Gasteiger partial charge >= 0.3 is 0 Å². The fraction of sp³-hybridized carbons (Fsp3) is 0.333. The van der Waals surface area contributed by atoms with Gasteiger partial charge in [-0.2, -0.15) is 0 Å². The van der Waals surface area contributed by atoms with E-state index in [0.717, 1.165) is 19.6 Å². The normalized spacial score (nSPS) is 12.8. The SMILES string of the molecule is CC[NH+](CCO)Cc1cccc2ccccc12. The topological polar surface area (TPSA) is 24.7 Å². The number of aliphatic hydroxyl groups is 1. The Labute approximate surface area is 102 Å². The lowest BCUT2D eigenvalue weighted by Crippen LogP contribution is -3.10. The maximum Gasteiger partial charge on any atom is 0.103 e. The molecule has 2 aromatic carbocycles. The molecule has 0 bridgehead atoms. The van der Waals surface area contributed by atoms with Crippen LogP contribution >= 0.6 is 0 Å². The van der Waals surface area contributed by atoms with Crippen LogP contribution in [0.3, 0.4) is 0 Å². The first kappa shape index (κ1) is 12.1. The van der Waals surface area contributed by atoms with Crippen molar-refractivity contribution in [1.29, 1.82) is 0 Å². The van der Waals surface area contributed by atoms with Gasteiger partial charge in [0.25, 0.3) is 0 Å².